The summed E-state index contributed by atoms with van der Waals surface area (Å²) < 4.78 is 10.7. The lowest BCUT2D eigenvalue weighted by Crippen LogP contribution is -2.45. The summed E-state index contributed by atoms with van der Waals surface area (Å²) in [4.78, 5) is 27.8. The van der Waals surface area contributed by atoms with Gasteiger partial charge in [0, 0.05) is 18.3 Å². The van der Waals surface area contributed by atoms with E-state index in [4.69, 9.17) is 9.47 Å². The third-order valence-electron chi connectivity index (χ3n) is 5.20. The molecule has 1 heterocycles. The molecule has 1 unspecified atom stereocenters. The fourth-order valence-corrected chi connectivity index (χ4v) is 3.46. The highest BCUT2D eigenvalue weighted by atomic mass is 16.7. The number of hydrogen-bond acceptors (Lipinski definition) is 4. The summed E-state index contributed by atoms with van der Waals surface area (Å²) in [6.07, 6.45) is 0.231. The second-order valence-electron chi connectivity index (χ2n) is 7.40. The summed E-state index contributed by atoms with van der Waals surface area (Å²) >= 11 is 0. The lowest BCUT2D eigenvalue weighted by atomic mass is 10.1. The van der Waals surface area contributed by atoms with Crippen LogP contribution in [0, 0.1) is 0 Å². The molecule has 0 fully saturated rings. The average molecular weight is 416 g/mol. The first-order valence-corrected chi connectivity index (χ1v) is 10.2. The molecule has 0 saturated heterocycles. The monoisotopic (exact) mass is 416 g/mol. The quantitative estimate of drug-likeness (QED) is 0.632. The van der Waals surface area contributed by atoms with Gasteiger partial charge in [0.2, 0.25) is 18.6 Å². The largest absolute Gasteiger partial charge is 0.454 e. The van der Waals surface area contributed by atoms with Gasteiger partial charge in [0.15, 0.2) is 11.5 Å². The topological polar surface area (TPSA) is 67.9 Å². The van der Waals surface area contributed by atoms with Crippen molar-refractivity contribution in [2.75, 3.05) is 12.1 Å². The molecule has 4 rings (SSSR count). The van der Waals surface area contributed by atoms with Crippen molar-refractivity contribution in [1.29, 1.82) is 0 Å². The Morgan fingerprint density at radius 1 is 0.903 bits per heavy atom. The van der Waals surface area contributed by atoms with Crippen molar-refractivity contribution < 1.29 is 19.1 Å². The number of carbonyl (C=O) groups excluding carboxylic acids is 2. The van der Waals surface area contributed by atoms with E-state index in [-0.39, 0.29) is 25.0 Å². The zero-order valence-electron chi connectivity index (χ0n) is 17.3. The van der Waals surface area contributed by atoms with E-state index in [0.717, 1.165) is 11.1 Å². The van der Waals surface area contributed by atoms with Gasteiger partial charge in [-0.1, -0.05) is 60.7 Å². The van der Waals surface area contributed by atoms with Crippen LogP contribution in [0.2, 0.25) is 0 Å². The number of rotatable bonds is 7. The number of hydrogen-bond donors (Lipinski definition) is 1. The minimum atomic E-state index is -0.665. The van der Waals surface area contributed by atoms with Crippen LogP contribution in [-0.4, -0.2) is 29.5 Å². The van der Waals surface area contributed by atoms with Gasteiger partial charge >= 0.3 is 0 Å². The molecule has 1 aliphatic rings. The van der Waals surface area contributed by atoms with E-state index in [1.165, 1.54) is 0 Å². The zero-order chi connectivity index (χ0) is 21.6. The first-order chi connectivity index (χ1) is 15.1. The molecule has 1 aliphatic heterocycles. The molecular weight excluding hydrogens is 392 g/mol. The Bertz CT molecular complexity index is 1050. The van der Waals surface area contributed by atoms with Crippen LogP contribution in [0.25, 0.3) is 0 Å². The number of anilines is 1. The van der Waals surface area contributed by atoms with E-state index >= 15 is 0 Å². The van der Waals surface area contributed by atoms with Gasteiger partial charge in [-0.25, -0.2) is 0 Å². The van der Waals surface area contributed by atoms with Crippen LogP contribution in [0.4, 0.5) is 5.69 Å². The first kappa shape index (κ1) is 20.5. The van der Waals surface area contributed by atoms with Crippen LogP contribution in [0.15, 0.2) is 78.9 Å². The normalized spacial score (nSPS) is 12.8. The summed E-state index contributed by atoms with van der Waals surface area (Å²) in [7, 11) is 0. The standard InChI is InChI=1S/C25H24N2O4/c1-18(25(29)26-21-12-13-22-23(15-21)31-17-30-22)27(16-20-10-6-3-7-11-20)24(28)14-19-8-4-2-5-9-19/h2-13,15,18H,14,16-17H2,1H3,(H,26,29). The number of carbonyl (C=O) groups is 2. The molecule has 0 spiro atoms. The summed E-state index contributed by atoms with van der Waals surface area (Å²) in [5.74, 6) is 0.862. The smallest absolute Gasteiger partial charge is 0.246 e. The molecule has 2 amide bonds. The van der Waals surface area contributed by atoms with Gasteiger partial charge in [0.05, 0.1) is 6.42 Å². The van der Waals surface area contributed by atoms with Crippen LogP contribution in [0.5, 0.6) is 11.5 Å². The molecule has 0 saturated carbocycles. The van der Waals surface area contributed by atoms with Crippen LogP contribution in [0.3, 0.4) is 0 Å². The van der Waals surface area contributed by atoms with Gasteiger partial charge < -0.3 is 19.7 Å². The van der Waals surface area contributed by atoms with Crippen molar-refractivity contribution in [2.24, 2.45) is 0 Å². The summed E-state index contributed by atoms with van der Waals surface area (Å²) in [5.41, 5.74) is 2.47. The predicted octanol–water partition coefficient (Wildman–Crippen LogP) is 4.01. The Morgan fingerprint density at radius 3 is 2.26 bits per heavy atom. The van der Waals surface area contributed by atoms with Crippen LogP contribution >= 0.6 is 0 Å². The van der Waals surface area contributed by atoms with Crippen LogP contribution < -0.4 is 14.8 Å². The molecule has 6 nitrogen and oxygen atoms in total. The maximum absolute atomic E-state index is 13.2. The van der Waals surface area contributed by atoms with Gasteiger partial charge in [-0.15, -0.1) is 0 Å². The van der Waals surface area contributed by atoms with E-state index in [2.05, 4.69) is 5.32 Å². The fraction of sp³-hybridized carbons (Fsp3) is 0.200. The van der Waals surface area contributed by atoms with E-state index in [1.807, 2.05) is 60.7 Å². The van der Waals surface area contributed by atoms with Crippen molar-refractivity contribution in [3.05, 3.63) is 90.0 Å². The molecule has 0 aliphatic carbocycles. The number of amides is 2. The van der Waals surface area contributed by atoms with Gasteiger partial charge in [0.25, 0.3) is 0 Å². The maximum Gasteiger partial charge on any atom is 0.246 e. The highest BCUT2D eigenvalue weighted by Gasteiger charge is 2.26. The molecule has 1 N–H and O–H groups in total. The molecule has 6 heteroatoms. The zero-order valence-corrected chi connectivity index (χ0v) is 17.3. The minimum absolute atomic E-state index is 0.108. The summed E-state index contributed by atoms with van der Waals surface area (Å²) in [6, 6.07) is 23.8. The van der Waals surface area contributed by atoms with E-state index < -0.39 is 6.04 Å². The average Bonchev–Trinajstić information content (AvgIpc) is 3.26. The lowest BCUT2D eigenvalue weighted by Gasteiger charge is -2.29. The molecule has 0 bridgehead atoms. The molecular formula is C25H24N2O4. The third kappa shape index (κ3) is 5.04. The maximum atomic E-state index is 13.2. The Hall–Kier alpha value is -3.80. The van der Waals surface area contributed by atoms with Gasteiger partial charge in [-0.2, -0.15) is 0 Å². The molecule has 3 aromatic rings. The van der Waals surface area contributed by atoms with Crippen molar-refractivity contribution in [3.8, 4) is 11.5 Å². The Labute approximate surface area is 181 Å². The molecule has 158 valence electrons. The van der Waals surface area contributed by atoms with Crippen molar-refractivity contribution in [1.82, 2.24) is 4.90 Å². The second-order valence-corrected chi connectivity index (χ2v) is 7.40. The Morgan fingerprint density at radius 2 is 1.55 bits per heavy atom. The lowest BCUT2D eigenvalue weighted by molar-refractivity contribution is -0.138. The second kappa shape index (κ2) is 9.34. The van der Waals surface area contributed by atoms with E-state index in [0.29, 0.717) is 23.7 Å². The highest BCUT2D eigenvalue weighted by molar-refractivity contribution is 5.97. The van der Waals surface area contributed by atoms with Gasteiger partial charge in [0.1, 0.15) is 6.04 Å². The fourth-order valence-electron chi connectivity index (χ4n) is 3.46. The molecule has 31 heavy (non-hydrogen) atoms. The number of fused-ring (bicyclic) bond motifs is 1. The number of ether oxygens (including phenoxy) is 2. The highest BCUT2D eigenvalue weighted by Crippen LogP contribution is 2.34. The van der Waals surface area contributed by atoms with Crippen molar-refractivity contribution >= 4 is 17.5 Å². The number of nitrogens with zero attached hydrogens (tertiary/aromatic N) is 1. The van der Waals surface area contributed by atoms with Gasteiger partial charge in [-0.3, -0.25) is 9.59 Å². The molecule has 3 aromatic carbocycles. The van der Waals surface area contributed by atoms with E-state index in [9.17, 15) is 9.59 Å². The number of nitrogens with one attached hydrogen (secondary N) is 1. The third-order valence-corrected chi connectivity index (χ3v) is 5.20. The molecule has 0 aromatic heterocycles. The minimum Gasteiger partial charge on any atom is -0.454 e. The SMILES string of the molecule is CC(C(=O)Nc1ccc2c(c1)OCO2)N(Cc1ccccc1)C(=O)Cc1ccccc1. The molecule has 1 atom stereocenters. The van der Waals surface area contributed by atoms with Gasteiger partial charge in [-0.05, 0) is 30.2 Å². The Kier molecular flexibility index (Phi) is 6.17. The van der Waals surface area contributed by atoms with E-state index in [1.54, 1.807) is 30.0 Å². The first-order valence-electron chi connectivity index (χ1n) is 10.2. The summed E-state index contributed by atoms with van der Waals surface area (Å²) in [5, 5.41) is 2.89. The summed E-state index contributed by atoms with van der Waals surface area (Å²) in [6.45, 7) is 2.26. The van der Waals surface area contributed by atoms with Crippen LogP contribution in [-0.2, 0) is 22.6 Å². The Balaban J connectivity index is 1.51. The molecule has 0 radical (unpaired) electrons. The van der Waals surface area contributed by atoms with Crippen LogP contribution in [0.1, 0.15) is 18.1 Å². The predicted molar refractivity (Wildman–Crippen MR) is 118 cm³/mol. The van der Waals surface area contributed by atoms with Crippen molar-refractivity contribution in [2.45, 2.75) is 25.9 Å². The van der Waals surface area contributed by atoms with Crippen molar-refractivity contribution in [3.63, 3.8) is 0 Å². The number of benzene rings is 3.